The third-order valence-electron chi connectivity index (χ3n) is 2.65. The molecule has 0 radical (unpaired) electrons. The first-order valence-electron chi connectivity index (χ1n) is 6.59. The van der Waals surface area contributed by atoms with Crippen LogP contribution in [0.2, 0.25) is 0 Å². The largest absolute Gasteiger partial charge is 0.427 e. The Morgan fingerprint density at radius 2 is 2.00 bits per heavy atom. The van der Waals surface area contributed by atoms with Gasteiger partial charge < -0.3 is 10.1 Å². The molecule has 1 rings (SSSR count). The van der Waals surface area contributed by atoms with Crippen molar-refractivity contribution in [2.75, 3.05) is 6.54 Å². The van der Waals surface area contributed by atoms with Crippen molar-refractivity contribution >= 4 is 11.9 Å². The number of esters is 1. The second-order valence-electron chi connectivity index (χ2n) is 4.58. The van der Waals surface area contributed by atoms with Gasteiger partial charge in [0.1, 0.15) is 5.75 Å². The Kier molecular flexibility index (Phi) is 6.64. The molecule has 1 aromatic rings. The number of ether oxygens (including phenoxy) is 1. The van der Waals surface area contributed by atoms with E-state index in [0.29, 0.717) is 18.7 Å². The van der Waals surface area contributed by atoms with Crippen molar-refractivity contribution in [3.8, 4) is 5.75 Å². The third kappa shape index (κ3) is 7.24. The number of aryl methyl sites for hydroxylation is 1. The average Bonchev–Trinajstić information content (AvgIpc) is 2.33. The Hall–Kier alpha value is -1.84. The first kappa shape index (κ1) is 15.2. The number of nitrogens with one attached hydrogen (secondary N) is 1. The zero-order valence-corrected chi connectivity index (χ0v) is 11.6. The molecule has 0 saturated heterocycles. The zero-order chi connectivity index (χ0) is 14.1. The predicted octanol–water partition coefficient (Wildman–Crippen LogP) is 2.60. The van der Waals surface area contributed by atoms with Crippen LogP contribution in [0.5, 0.6) is 5.75 Å². The molecular formula is C15H21NO3. The molecule has 0 aromatic heterocycles. The molecule has 1 amide bonds. The number of benzene rings is 1. The molecule has 0 aliphatic carbocycles. The SMILES string of the molecule is CC(=O)NCCCCCC(=O)Oc1cccc(C)c1. The minimum absolute atomic E-state index is 0.0149. The van der Waals surface area contributed by atoms with E-state index < -0.39 is 0 Å². The summed E-state index contributed by atoms with van der Waals surface area (Å²) in [6, 6.07) is 7.45. The molecular weight excluding hydrogens is 242 g/mol. The van der Waals surface area contributed by atoms with Crippen LogP contribution < -0.4 is 10.1 Å². The monoisotopic (exact) mass is 263 g/mol. The molecule has 19 heavy (non-hydrogen) atoms. The predicted molar refractivity (Wildman–Crippen MR) is 74.0 cm³/mol. The number of carbonyl (C=O) groups is 2. The fourth-order valence-electron chi connectivity index (χ4n) is 1.70. The molecule has 0 aliphatic heterocycles. The Balaban J connectivity index is 2.13. The van der Waals surface area contributed by atoms with E-state index in [2.05, 4.69) is 5.32 Å². The normalized spacial score (nSPS) is 10.0. The van der Waals surface area contributed by atoms with E-state index in [0.717, 1.165) is 24.8 Å². The summed E-state index contributed by atoms with van der Waals surface area (Å²) in [4.78, 5) is 22.2. The highest BCUT2D eigenvalue weighted by atomic mass is 16.5. The first-order valence-corrected chi connectivity index (χ1v) is 6.59. The van der Waals surface area contributed by atoms with Gasteiger partial charge in [-0.1, -0.05) is 18.6 Å². The maximum atomic E-state index is 11.6. The van der Waals surface area contributed by atoms with Gasteiger partial charge in [0.2, 0.25) is 5.91 Å². The molecule has 4 heteroatoms. The van der Waals surface area contributed by atoms with E-state index in [-0.39, 0.29) is 11.9 Å². The van der Waals surface area contributed by atoms with E-state index in [1.807, 2.05) is 25.1 Å². The van der Waals surface area contributed by atoms with Crippen molar-refractivity contribution in [3.63, 3.8) is 0 Å². The third-order valence-corrected chi connectivity index (χ3v) is 2.65. The fraction of sp³-hybridized carbons (Fsp3) is 0.467. The first-order chi connectivity index (χ1) is 9.08. The van der Waals surface area contributed by atoms with Crippen LogP contribution in [0.25, 0.3) is 0 Å². The number of hydrogen-bond donors (Lipinski definition) is 1. The number of amides is 1. The Morgan fingerprint density at radius 1 is 1.21 bits per heavy atom. The lowest BCUT2D eigenvalue weighted by atomic mass is 10.2. The van der Waals surface area contributed by atoms with E-state index in [9.17, 15) is 9.59 Å². The Bertz CT molecular complexity index is 429. The highest BCUT2D eigenvalue weighted by molar-refractivity contribution is 5.73. The molecule has 0 saturated carbocycles. The molecule has 0 bridgehead atoms. The highest BCUT2D eigenvalue weighted by Crippen LogP contribution is 2.13. The van der Waals surface area contributed by atoms with Gasteiger partial charge in [-0.15, -0.1) is 0 Å². The van der Waals surface area contributed by atoms with Gasteiger partial charge in [0.25, 0.3) is 0 Å². The van der Waals surface area contributed by atoms with Crippen molar-refractivity contribution < 1.29 is 14.3 Å². The van der Waals surface area contributed by atoms with Gasteiger partial charge in [0.05, 0.1) is 0 Å². The minimum atomic E-state index is -0.204. The molecule has 1 aromatic carbocycles. The average molecular weight is 263 g/mol. The lowest BCUT2D eigenvalue weighted by molar-refractivity contribution is -0.134. The van der Waals surface area contributed by atoms with Gasteiger partial charge in [-0.2, -0.15) is 0 Å². The lowest BCUT2D eigenvalue weighted by Gasteiger charge is -2.05. The minimum Gasteiger partial charge on any atom is -0.427 e. The number of unbranched alkanes of at least 4 members (excludes halogenated alkanes) is 2. The Labute approximate surface area is 114 Å². The molecule has 0 fully saturated rings. The van der Waals surface area contributed by atoms with Crippen molar-refractivity contribution in [2.24, 2.45) is 0 Å². The van der Waals surface area contributed by atoms with Gasteiger partial charge >= 0.3 is 5.97 Å². The molecule has 0 spiro atoms. The zero-order valence-electron chi connectivity index (χ0n) is 11.6. The van der Waals surface area contributed by atoms with E-state index in [1.165, 1.54) is 6.92 Å². The quantitative estimate of drug-likeness (QED) is 0.467. The van der Waals surface area contributed by atoms with Crippen LogP contribution in [0.4, 0.5) is 0 Å². The Morgan fingerprint density at radius 3 is 2.68 bits per heavy atom. The smallest absolute Gasteiger partial charge is 0.311 e. The highest BCUT2D eigenvalue weighted by Gasteiger charge is 2.04. The van der Waals surface area contributed by atoms with Gasteiger partial charge in [0.15, 0.2) is 0 Å². The standard InChI is InChI=1S/C15H21NO3/c1-12-7-6-8-14(11-12)19-15(18)9-4-3-5-10-16-13(2)17/h6-8,11H,3-5,9-10H2,1-2H3,(H,16,17). The topological polar surface area (TPSA) is 55.4 Å². The summed E-state index contributed by atoms with van der Waals surface area (Å²) >= 11 is 0. The second-order valence-corrected chi connectivity index (χ2v) is 4.58. The molecule has 0 aliphatic rings. The van der Waals surface area contributed by atoms with Crippen LogP contribution in [-0.4, -0.2) is 18.4 Å². The van der Waals surface area contributed by atoms with Crippen molar-refractivity contribution in [2.45, 2.75) is 39.5 Å². The van der Waals surface area contributed by atoms with Crippen LogP contribution in [0, 0.1) is 6.92 Å². The summed E-state index contributed by atoms with van der Waals surface area (Å²) in [5, 5.41) is 2.72. The van der Waals surface area contributed by atoms with Crippen LogP contribution in [0.3, 0.4) is 0 Å². The van der Waals surface area contributed by atoms with Crippen LogP contribution in [-0.2, 0) is 9.59 Å². The molecule has 0 unspecified atom stereocenters. The molecule has 4 nitrogen and oxygen atoms in total. The van der Waals surface area contributed by atoms with Gasteiger partial charge in [0, 0.05) is 19.9 Å². The summed E-state index contributed by atoms with van der Waals surface area (Å²) in [6.45, 7) is 4.13. The molecule has 0 heterocycles. The van der Waals surface area contributed by atoms with Gasteiger partial charge in [-0.3, -0.25) is 9.59 Å². The van der Waals surface area contributed by atoms with Crippen LogP contribution >= 0.6 is 0 Å². The van der Waals surface area contributed by atoms with Crippen molar-refractivity contribution in [1.29, 1.82) is 0 Å². The molecule has 0 atom stereocenters. The van der Waals surface area contributed by atoms with Crippen molar-refractivity contribution in [3.05, 3.63) is 29.8 Å². The maximum absolute atomic E-state index is 11.6. The number of rotatable bonds is 7. The number of carbonyl (C=O) groups excluding carboxylic acids is 2. The fourth-order valence-corrected chi connectivity index (χ4v) is 1.70. The lowest BCUT2D eigenvalue weighted by Crippen LogP contribution is -2.20. The number of hydrogen-bond acceptors (Lipinski definition) is 3. The summed E-state index contributed by atoms with van der Waals surface area (Å²) in [7, 11) is 0. The summed E-state index contributed by atoms with van der Waals surface area (Å²) < 4.78 is 5.23. The van der Waals surface area contributed by atoms with E-state index >= 15 is 0 Å². The van der Waals surface area contributed by atoms with Crippen LogP contribution in [0.15, 0.2) is 24.3 Å². The van der Waals surface area contributed by atoms with E-state index in [1.54, 1.807) is 6.07 Å². The summed E-state index contributed by atoms with van der Waals surface area (Å²) in [5.74, 6) is 0.382. The molecule has 104 valence electrons. The summed E-state index contributed by atoms with van der Waals surface area (Å²) in [5.41, 5.74) is 1.07. The van der Waals surface area contributed by atoms with Gasteiger partial charge in [-0.25, -0.2) is 0 Å². The van der Waals surface area contributed by atoms with Crippen molar-refractivity contribution in [1.82, 2.24) is 5.32 Å². The van der Waals surface area contributed by atoms with E-state index in [4.69, 9.17) is 4.74 Å². The maximum Gasteiger partial charge on any atom is 0.311 e. The van der Waals surface area contributed by atoms with Crippen LogP contribution in [0.1, 0.15) is 38.2 Å². The van der Waals surface area contributed by atoms with Gasteiger partial charge in [-0.05, 0) is 37.5 Å². The molecule has 1 N–H and O–H groups in total. The summed E-state index contributed by atoms with van der Waals surface area (Å²) in [6.07, 6.45) is 2.98. The second kappa shape index (κ2) is 8.29.